The molecule has 1 N–H and O–H groups in total. The molecule has 0 aliphatic heterocycles. The zero-order valence-corrected chi connectivity index (χ0v) is 27.8. The number of ether oxygens (including phenoxy) is 7. The highest BCUT2D eigenvalue weighted by atomic mass is 16.5. The van der Waals surface area contributed by atoms with Crippen molar-refractivity contribution in [1.29, 1.82) is 0 Å². The van der Waals surface area contributed by atoms with Crippen LogP contribution < -0.4 is 14.2 Å². The van der Waals surface area contributed by atoms with Crippen LogP contribution in [0.2, 0.25) is 0 Å². The molecule has 47 heavy (non-hydrogen) atoms. The molecule has 1 aliphatic carbocycles. The number of aliphatic hydroxyl groups is 1. The maximum atomic E-state index is 10.3. The molecule has 4 aromatic rings. The number of rotatable bonds is 18. The van der Waals surface area contributed by atoms with Crippen LogP contribution in [0.4, 0.5) is 0 Å². The third-order valence-electron chi connectivity index (χ3n) is 8.62. The lowest BCUT2D eigenvalue weighted by Crippen LogP contribution is -2.39. The molecule has 0 heterocycles. The average Bonchev–Trinajstić information content (AvgIpc) is 3.11. The molecule has 252 valence electrons. The van der Waals surface area contributed by atoms with Crippen LogP contribution in [0.3, 0.4) is 0 Å². The summed E-state index contributed by atoms with van der Waals surface area (Å²) in [7, 11) is 4.95. The van der Waals surface area contributed by atoms with Crippen molar-refractivity contribution in [2.24, 2.45) is 0 Å². The number of benzene rings is 4. The first-order valence-electron chi connectivity index (χ1n) is 16.5. The summed E-state index contributed by atoms with van der Waals surface area (Å²) in [6, 6.07) is 28.6. The third-order valence-corrected chi connectivity index (χ3v) is 8.62. The Hall–Kier alpha value is -3.66. The molecule has 5 rings (SSSR count). The fraction of sp³-hybridized carbons (Fsp3) is 0.436. The lowest BCUT2D eigenvalue weighted by Gasteiger charge is -2.38. The molecule has 1 saturated carbocycles. The second-order valence-corrected chi connectivity index (χ2v) is 11.9. The molecule has 4 aromatic carbocycles. The molecule has 0 aromatic heterocycles. The van der Waals surface area contributed by atoms with E-state index in [4.69, 9.17) is 33.2 Å². The molecule has 8 nitrogen and oxygen atoms in total. The smallest absolute Gasteiger partial charge is 0.127 e. The van der Waals surface area contributed by atoms with Crippen LogP contribution in [0.1, 0.15) is 48.3 Å². The quantitative estimate of drug-likeness (QED) is 0.115. The van der Waals surface area contributed by atoms with E-state index < -0.39 is 6.10 Å². The fourth-order valence-electron chi connectivity index (χ4n) is 6.33. The first-order valence-corrected chi connectivity index (χ1v) is 16.5. The van der Waals surface area contributed by atoms with Crippen LogP contribution in [0, 0.1) is 0 Å². The highest BCUT2D eigenvalue weighted by Crippen LogP contribution is 2.39. The molecule has 0 amide bonds. The Morgan fingerprint density at radius 2 is 1.49 bits per heavy atom. The summed E-state index contributed by atoms with van der Waals surface area (Å²) in [5.41, 5.74) is 3.22. The predicted octanol–water partition coefficient (Wildman–Crippen LogP) is 7.09. The summed E-state index contributed by atoms with van der Waals surface area (Å²) in [4.78, 5) is 0. The number of para-hydroxylation sites is 1. The van der Waals surface area contributed by atoms with Gasteiger partial charge in [-0.3, -0.25) is 0 Å². The maximum absolute atomic E-state index is 10.3. The second kappa shape index (κ2) is 18.0. The van der Waals surface area contributed by atoms with Crippen molar-refractivity contribution >= 4 is 10.8 Å². The Kier molecular flexibility index (Phi) is 13.3. The van der Waals surface area contributed by atoms with Crippen LogP contribution >= 0.6 is 0 Å². The van der Waals surface area contributed by atoms with Crippen LogP contribution in [0.5, 0.6) is 17.2 Å². The number of aliphatic hydroxyl groups excluding tert-OH is 1. The minimum Gasteiger partial charge on any atom is -0.496 e. The van der Waals surface area contributed by atoms with Crippen LogP contribution in [0.25, 0.3) is 10.8 Å². The molecule has 0 bridgehead atoms. The monoisotopic (exact) mass is 644 g/mol. The van der Waals surface area contributed by atoms with Gasteiger partial charge in [-0.25, -0.2) is 0 Å². The Labute approximate surface area is 278 Å². The van der Waals surface area contributed by atoms with E-state index in [1.54, 1.807) is 21.3 Å². The SMILES string of the molecule is COC[C@@H](O)CO[C@@H]1CCC[C@H](OCc2cc(OC)c3ccccc3c2)[C@H]1c1ccc(OCCCOCc2ccccc2OC)cc1. The van der Waals surface area contributed by atoms with Gasteiger partial charge in [0, 0.05) is 30.4 Å². The number of hydrogen-bond acceptors (Lipinski definition) is 8. The summed E-state index contributed by atoms with van der Waals surface area (Å²) in [6.45, 7) is 2.56. The highest BCUT2D eigenvalue weighted by Gasteiger charge is 2.36. The standard InChI is InChI=1S/C39H48O8/c1-41-26-32(40)27-47-37-15-8-14-36(46-24-28-22-30-10-4-6-12-34(30)38(23-28)43-3)39(37)29-16-18-33(19-17-29)45-21-9-20-44-25-31-11-5-7-13-35(31)42-2/h4-7,10-13,16-19,22-23,32,36-37,39-40H,8-9,14-15,20-21,24-27H2,1-3H3/t32-,36+,37-,39-/m1/s1. The molecule has 0 saturated heterocycles. The van der Waals surface area contributed by atoms with Gasteiger partial charge in [-0.2, -0.15) is 0 Å². The zero-order valence-electron chi connectivity index (χ0n) is 27.8. The van der Waals surface area contributed by atoms with E-state index in [1.807, 2.05) is 48.5 Å². The largest absolute Gasteiger partial charge is 0.496 e. The van der Waals surface area contributed by atoms with E-state index in [2.05, 4.69) is 36.4 Å². The highest BCUT2D eigenvalue weighted by molar-refractivity contribution is 5.89. The lowest BCUT2D eigenvalue weighted by atomic mass is 9.79. The van der Waals surface area contributed by atoms with Crippen molar-refractivity contribution in [3.8, 4) is 17.2 Å². The number of methoxy groups -OCH3 is 3. The van der Waals surface area contributed by atoms with Crippen molar-refractivity contribution < 1.29 is 38.3 Å². The Morgan fingerprint density at radius 3 is 2.28 bits per heavy atom. The van der Waals surface area contributed by atoms with Gasteiger partial charge in [0.25, 0.3) is 0 Å². The van der Waals surface area contributed by atoms with E-state index in [9.17, 15) is 5.11 Å². The molecule has 0 unspecified atom stereocenters. The van der Waals surface area contributed by atoms with Crippen LogP contribution in [-0.4, -0.2) is 71.2 Å². The van der Waals surface area contributed by atoms with E-state index >= 15 is 0 Å². The van der Waals surface area contributed by atoms with Gasteiger partial charge in [0.2, 0.25) is 0 Å². The Morgan fingerprint density at radius 1 is 0.745 bits per heavy atom. The van der Waals surface area contributed by atoms with Gasteiger partial charge in [0.1, 0.15) is 23.4 Å². The summed E-state index contributed by atoms with van der Waals surface area (Å²) < 4.78 is 41.1. The predicted molar refractivity (Wildman–Crippen MR) is 182 cm³/mol. The molecule has 1 fully saturated rings. The van der Waals surface area contributed by atoms with Crippen molar-refractivity contribution in [3.63, 3.8) is 0 Å². The summed E-state index contributed by atoms with van der Waals surface area (Å²) in [5, 5.41) is 12.5. The summed E-state index contributed by atoms with van der Waals surface area (Å²) in [5.74, 6) is 2.48. The molecular formula is C39H48O8. The molecule has 4 atom stereocenters. The molecule has 0 spiro atoms. The van der Waals surface area contributed by atoms with Crippen molar-refractivity contribution in [1.82, 2.24) is 0 Å². The first kappa shape index (κ1) is 34.7. The minimum absolute atomic E-state index is 0.00160. The van der Waals surface area contributed by atoms with Gasteiger partial charge in [-0.05, 0) is 66.1 Å². The normalized spacial score (nSPS) is 18.6. The third kappa shape index (κ3) is 9.69. The van der Waals surface area contributed by atoms with E-state index in [0.717, 1.165) is 70.4 Å². The van der Waals surface area contributed by atoms with Crippen molar-refractivity contribution in [2.45, 2.75) is 63.1 Å². The number of hydrogen-bond donors (Lipinski definition) is 1. The van der Waals surface area contributed by atoms with Gasteiger partial charge >= 0.3 is 0 Å². The fourth-order valence-corrected chi connectivity index (χ4v) is 6.33. The number of fused-ring (bicyclic) bond motifs is 1. The van der Waals surface area contributed by atoms with Crippen LogP contribution in [0.15, 0.2) is 84.9 Å². The zero-order chi connectivity index (χ0) is 32.8. The summed E-state index contributed by atoms with van der Waals surface area (Å²) in [6.07, 6.45) is 2.73. The van der Waals surface area contributed by atoms with Gasteiger partial charge < -0.3 is 38.3 Å². The van der Waals surface area contributed by atoms with Gasteiger partial charge in [0.05, 0.1) is 66.1 Å². The Balaban J connectivity index is 1.21. The summed E-state index contributed by atoms with van der Waals surface area (Å²) >= 11 is 0. The molecule has 8 heteroatoms. The van der Waals surface area contributed by atoms with Gasteiger partial charge in [-0.15, -0.1) is 0 Å². The Bertz CT molecular complexity index is 1510. The molecule has 0 radical (unpaired) electrons. The van der Waals surface area contributed by atoms with Gasteiger partial charge in [0.15, 0.2) is 0 Å². The second-order valence-electron chi connectivity index (χ2n) is 11.9. The van der Waals surface area contributed by atoms with Crippen molar-refractivity contribution in [3.05, 3.63) is 102 Å². The van der Waals surface area contributed by atoms with Crippen LogP contribution in [-0.2, 0) is 32.2 Å². The molecular weight excluding hydrogens is 596 g/mol. The molecule has 1 aliphatic rings. The topological polar surface area (TPSA) is 84.8 Å². The minimum atomic E-state index is -0.679. The van der Waals surface area contributed by atoms with Crippen molar-refractivity contribution in [2.75, 3.05) is 47.8 Å². The van der Waals surface area contributed by atoms with E-state index in [-0.39, 0.29) is 31.3 Å². The first-order chi connectivity index (χ1) is 23.1. The average molecular weight is 645 g/mol. The van der Waals surface area contributed by atoms with E-state index in [0.29, 0.717) is 26.4 Å². The maximum Gasteiger partial charge on any atom is 0.127 e. The lowest BCUT2D eigenvalue weighted by molar-refractivity contribution is -0.0928. The van der Waals surface area contributed by atoms with E-state index in [1.165, 1.54) is 0 Å². The van der Waals surface area contributed by atoms with Gasteiger partial charge in [-0.1, -0.05) is 54.6 Å².